The Balaban J connectivity index is 2.05. The number of rotatable bonds is 2. The third-order valence-electron chi connectivity index (χ3n) is 3.49. The second kappa shape index (κ2) is 3.92. The SMILES string of the molecule is N#CC1(NC2CC2)CCCC(C(F)(F)F)C1. The summed E-state index contributed by atoms with van der Waals surface area (Å²) in [4.78, 5) is 0. The summed E-state index contributed by atoms with van der Waals surface area (Å²) >= 11 is 0. The zero-order valence-electron chi connectivity index (χ0n) is 8.98. The largest absolute Gasteiger partial charge is 0.391 e. The van der Waals surface area contributed by atoms with E-state index in [1.165, 1.54) is 0 Å². The van der Waals surface area contributed by atoms with Gasteiger partial charge >= 0.3 is 6.18 Å². The Kier molecular flexibility index (Phi) is 2.87. The van der Waals surface area contributed by atoms with Crippen molar-refractivity contribution in [3.8, 4) is 6.07 Å². The number of alkyl halides is 3. The fourth-order valence-electron chi connectivity index (χ4n) is 2.44. The van der Waals surface area contributed by atoms with Crippen molar-refractivity contribution in [2.24, 2.45) is 5.92 Å². The van der Waals surface area contributed by atoms with Gasteiger partial charge in [-0.2, -0.15) is 18.4 Å². The van der Waals surface area contributed by atoms with Crippen molar-refractivity contribution in [1.82, 2.24) is 5.32 Å². The van der Waals surface area contributed by atoms with Crippen LogP contribution in [0.4, 0.5) is 13.2 Å². The zero-order valence-corrected chi connectivity index (χ0v) is 8.98. The molecule has 0 saturated heterocycles. The number of nitrogens with zero attached hydrogens (tertiary/aromatic N) is 1. The number of halogens is 3. The summed E-state index contributed by atoms with van der Waals surface area (Å²) in [6.07, 6.45) is -1.07. The maximum absolute atomic E-state index is 12.6. The summed E-state index contributed by atoms with van der Waals surface area (Å²) in [6, 6.07) is 2.35. The molecule has 2 nitrogen and oxygen atoms in total. The highest BCUT2D eigenvalue weighted by Crippen LogP contribution is 2.42. The summed E-state index contributed by atoms with van der Waals surface area (Å²) in [5.41, 5.74) is -0.931. The molecule has 0 spiro atoms. The molecule has 0 radical (unpaired) electrons. The average Bonchev–Trinajstić information content (AvgIpc) is 3.01. The summed E-state index contributed by atoms with van der Waals surface area (Å²) in [5.74, 6) is -1.31. The molecule has 5 heteroatoms. The van der Waals surface area contributed by atoms with Gasteiger partial charge in [-0.15, -0.1) is 0 Å². The highest BCUT2D eigenvalue weighted by atomic mass is 19.4. The zero-order chi connectivity index (χ0) is 11.8. The van der Waals surface area contributed by atoms with Crippen LogP contribution in [0.2, 0.25) is 0 Å². The van der Waals surface area contributed by atoms with Crippen LogP contribution in [0.5, 0.6) is 0 Å². The van der Waals surface area contributed by atoms with E-state index in [1.54, 1.807) is 0 Å². The summed E-state index contributed by atoms with van der Waals surface area (Å²) in [5, 5.41) is 12.2. The average molecular weight is 232 g/mol. The molecule has 0 heterocycles. The molecule has 2 unspecified atom stereocenters. The van der Waals surface area contributed by atoms with Crippen molar-refractivity contribution in [3.63, 3.8) is 0 Å². The normalized spacial score (nSPS) is 35.8. The fourth-order valence-corrected chi connectivity index (χ4v) is 2.44. The predicted octanol–water partition coefficient (Wildman–Crippen LogP) is 2.75. The molecule has 0 aromatic carbocycles. The minimum Gasteiger partial charge on any atom is -0.297 e. The molecule has 2 fully saturated rings. The molecular weight excluding hydrogens is 217 g/mol. The molecule has 16 heavy (non-hydrogen) atoms. The first-order valence-corrected chi connectivity index (χ1v) is 5.71. The second-order valence-electron chi connectivity index (χ2n) is 4.95. The summed E-state index contributed by atoms with van der Waals surface area (Å²) < 4.78 is 37.9. The smallest absolute Gasteiger partial charge is 0.297 e. The van der Waals surface area contributed by atoms with Gasteiger partial charge < -0.3 is 0 Å². The van der Waals surface area contributed by atoms with E-state index in [0.29, 0.717) is 12.8 Å². The van der Waals surface area contributed by atoms with Crippen LogP contribution in [-0.2, 0) is 0 Å². The number of hydrogen-bond acceptors (Lipinski definition) is 2. The molecule has 2 aliphatic rings. The van der Waals surface area contributed by atoms with E-state index in [4.69, 9.17) is 5.26 Å². The number of hydrogen-bond donors (Lipinski definition) is 1. The first-order valence-electron chi connectivity index (χ1n) is 5.71. The van der Waals surface area contributed by atoms with Crippen LogP contribution in [0.15, 0.2) is 0 Å². The predicted molar refractivity (Wildman–Crippen MR) is 52.5 cm³/mol. The van der Waals surface area contributed by atoms with E-state index >= 15 is 0 Å². The third kappa shape index (κ3) is 2.49. The summed E-state index contributed by atoms with van der Waals surface area (Å²) in [7, 11) is 0. The van der Waals surface area contributed by atoms with Gasteiger partial charge in [0.25, 0.3) is 0 Å². The van der Waals surface area contributed by atoms with Gasteiger partial charge in [0.05, 0.1) is 12.0 Å². The van der Waals surface area contributed by atoms with Gasteiger partial charge in [-0.3, -0.25) is 5.32 Å². The molecular formula is C11H15F3N2. The molecule has 2 aliphatic carbocycles. The van der Waals surface area contributed by atoms with E-state index in [0.717, 1.165) is 12.8 Å². The molecule has 90 valence electrons. The maximum Gasteiger partial charge on any atom is 0.391 e. The molecule has 0 amide bonds. The fraction of sp³-hybridized carbons (Fsp3) is 0.909. The lowest BCUT2D eigenvalue weighted by atomic mass is 9.76. The van der Waals surface area contributed by atoms with Gasteiger partial charge in [-0.1, -0.05) is 0 Å². The van der Waals surface area contributed by atoms with Crippen LogP contribution in [0.25, 0.3) is 0 Å². The minimum atomic E-state index is -4.16. The third-order valence-corrected chi connectivity index (χ3v) is 3.49. The first kappa shape index (κ1) is 11.7. The Bertz CT molecular complexity index is 303. The van der Waals surface area contributed by atoms with Crippen molar-refractivity contribution in [2.45, 2.75) is 56.3 Å². The van der Waals surface area contributed by atoms with Crippen LogP contribution >= 0.6 is 0 Å². The molecule has 0 aliphatic heterocycles. The van der Waals surface area contributed by atoms with Crippen LogP contribution in [0, 0.1) is 17.2 Å². The Morgan fingerprint density at radius 2 is 1.94 bits per heavy atom. The molecule has 0 aromatic rings. The van der Waals surface area contributed by atoms with Gasteiger partial charge in [-0.05, 0) is 38.5 Å². The van der Waals surface area contributed by atoms with Crippen molar-refractivity contribution in [2.75, 3.05) is 0 Å². The Morgan fingerprint density at radius 3 is 2.44 bits per heavy atom. The van der Waals surface area contributed by atoms with Gasteiger partial charge in [0.15, 0.2) is 0 Å². The van der Waals surface area contributed by atoms with E-state index in [2.05, 4.69) is 11.4 Å². The van der Waals surface area contributed by atoms with Gasteiger partial charge in [-0.25, -0.2) is 0 Å². The molecule has 1 N–H and O–H groups in total. The van der Waals surface area contributed by atoms with E-state index in [-0.39, 0.29) is 18.9 Å². The van der Waals surface area contributed by atoms with Crippen LogP contribution in [0.3, 0.4) is 0 Å². The molecule has 0 bridgehead atoms. The van der Waals surface area contributed by atoms with Crippen molar-refractivity contribution < 1.29 is 13.2 Å². The Labute approximate surface area is 92.8 Å². The van der Waals surface area contributed by atoms with E-state index < -0.39 is 17.6 Å². The van der Waals surface area contributed by atoms with Crippen molar-refractivity contribution >= 4 is 0 Å². The molecule has 2 rings (SSSR count). The van der Waals surface area contributed by atoms with E-state index in [1.807, 2.05) is 0 Å². The molecule has 2 atom stereocenters. The van der Waals surface area contributed by atoms with Crippen molar-refractivity contribution in [1.29, 1.82) is 5.26 Å². The van der Waals surface area contributed by atoms with Gasteiger partial charge in [0.2, 0.25) is 0 Å². The molecule has 2 saturated carbocycles. The summed E-state index contributed by atoms with van der Waals surface area (Å²) in [6.45, 7) is 0. The van der Waals surface area contributed by atoms with Crippen molar-refractivity contribution in [3.05, 3.63) is 0 Å². The lowest BCUT2D eigenvalue weighted by Gasteiger charge is -2.37. The van der Waals surface area contributed by atoms with Crippen LogP contribution in [0.1, 0.15) is 38.5 Å². The second-order valence-corrected chi connectivity index (χ2v) is 4.95. The molecule has 0 aromatic heterocycles. The van der Waals surface area contributed by atoms with Crippen LogP contribution in [-0.4, -0.2) is 17.8 Å². The van der Waals surface area contributed by atoms with Gasteiger partial charge in [0.1, 0.15) is 5.54 Å². The highest BCUT2D eigenvalue weighted by molar-refractivity contribution is 5.12. The maximum atomic E-state index is 12.6. The highest BCUT2D eigenvalue weighted by Gasteiger charge is 2.49. The standard InChI is InChI=1S/C11H15F3N2/c12-11(13,14)8-2-1-5-10(6-8,7-15)16-9-3-4-9/h8-9,16H,1-6H2. The quantitative estimate of drug-likeness (QED) is 0.794. The topological polar surface area (TPSA) is 35.8 Å². The number of nitrogens with one attached hydrogen (secondary N) is 1. The Morgan fingerprint density at radius 1 is 1.25 bits per heavy atom. The van der Waals surface area contributed by atoms with E-state index in [9.17, 15) is 13.2 Å². The first-order chi connectivity index (χ1) is 7.45. The Hall–Kier alpha value is -0.760. The monoisotopic (exact) mass is 232 g/mol. The van der Waals surface area contributed by atoms with Crippen LogP contribution < -0.4 is 5.32 Å². The van der Waals surface area contributed by atoms with Gasteiger partial charge in [0, 0.05) is 6.04 Å². The lowest BCUT2D eigenvalue weighted by Crippen LogP contribution is -2.50. The lowest BCUT2D eigenvalue weighted by molar-refractivity contribution is -0.186. The minimum absolute atomic E-state index is 0.0799. The number of nitriles is 1.